The van der Waals surface area contributed by atoms with E-state index in [0.29, 0.717) is 11.6 Å². The summed E-state index contributed by atoms with van der Waals surface area (Å²) >= 11 is 6.20. The summed E-state index contributed by atoms with van der Waals surface area (Å²) in [5.74, 6) is 1.53. The van der Waals surface area contributed by atoms with Gasteiger partial charge in [-0.25, -0.2) is 0 Å². The highest BCUT2D eigenvalue weighted by molar-refractivity contribution is 6.31. The maximum Gasteiger partial charge on any atom is 0.231 e. The quantitative estimate of drug-likeness (QED) is 0.824. The topological polar surface area (TPSA) is 39.7 Å². The van der Waals surface area contributed by atoms with E-state index in [1.807, 2.05) is 0 Å². The highest BCUT2D eigenvalue weighted by atomic mass is 35.5. The van der Waals surface area contributed by atoms with E-state index in [2.05, 4.69) is 12.4 Å². The average molecular weight is 244 g/mol. The van der Waals surface area contributed by atoms with Crippen LogP contribution in [0.15, 0.2) is 6.07 Å². The zero-order valence-corrected chi connectivity index (χ0v) is 10.1. The van der Waals surface area contributed by atoms with E-state index >= 15 is 0 Å². The Morgan fingerprint density at radius 1 is 1.44 bits per heavy atom. The molecule has 1 N–H and O–H groups in total. The Hall–Kier alpha value is -0.970. The second kappa shape index (κ2) is 4.91. The van der Waals surface area contributed by atoms with Gasteiger partial charge in [0.2, 0.25) is 6.79 Å². The molecular formula is C11H14ClNO3. The van der Waals surface area contributed by atoms with E-state index in [4.69, 9.17) is 25.9 Å². The Labute approximate surface area is 99.4 Å². The summed E-state index contributed by atoms with van der Waals surface area (Å²) in [6, 6.07) is 1.79. The average Bonchev–Trinajstić information content (AvgIpc) is 2.73. The number of hydrogen-bond acceptors (Lipinski definition) is 4. The highest BCUT2D eigenvalue weighted by Crippen LogP contribution is 2.41. The SMILES string of the molecule is CCc1c(CNOC)c(Cl)cc2c1OCO2. The molecule has 0 radical (unpaired) electrons. The molecule has 16 heavy (non-hydrogen) atoms. The Bertz CT molecular complexity index is 395. The van der Waals surface area contributed by atoms with Gasteiger partial charge in [0.15, 0.2) is 11.5 Å². The second-order valence-electron chi connectivity index (χ2n) is 3.43. The second-order valence-corrected chi connectivity index (χ2v) is 3.84. The van der Waals surface area contributed by atoms with Gasteiger partial charge in [0, 0.05) is 23.2 Å². The van der Waals surface area contributed by atoms with E-state index in [1.165, 1.54) is 0 Å². The summed E-state index contributed by atoms with van der Waals surface area (Å²) in [4.78, 5) is 4.84. The first-order chi connectivity index (χ1) is 7.77. The van der Waals surface area contributed by atoms with Gasteiger partial charge in [0.1, 0.15) is 0 Å². The van der Waals surface area contributed by atoms with Crippen LogP contribution in [-0.4, -0.2) is 13.9 Å². The first kappa shape index (κ1) is 11.5. The van der Waals surface area contributed by atoms with E-state index in [0.717, 1.165) is 29.0 Å². The van der Waals surface area contributed by atoms with Gasteiger partial charge in [-0.1, -0.05) is 18.5 Å². The summed E-state index contributed by atoms with van der Waals surface area (Å²) in [6.45, 7) is 2.87. The van der Waals surface area contributed by atoms with Crippen LogP contribution in [0.1, 0.15) is 18.1 Å². The molecule has 88 valence electrons. The summed E-state index contributed by atoms with van der Waals surface area (Å²) < 4.78 is 10.8. The molecule has 0 atom stereocenters. The number of hydrogen-bond donors (Lipinski definition) is 1. The maximum atomic E-state index is 6.20. The van der Waals surface area contributed by atoms with Crippen LogP contribution in [-0.2, 0) is 17.8 Å². The smallest absolute Gasteiger partial charge is 0.231 e. The lowest BCUT2D eigenvalue weighted by Crippen LogP contribution is -2.13. The molecule has 0 saturated heterocycles. The monoisotopic (exact) mass is 243 g/mol. The zero-order valence-electron chi connectivity index (χ0n) is 9.30. The van der Waals surface area contributed by atoms with Crippen LogP contribution < -0.4 is 15.0 Å². The van der Waals surface area contributed by atoms with E-state index in [9.17, 15) is 0 Å². The molecule has 5 heteroatoms. The fourth-order valence-electron chi connectivity index (χ4n) is 1.82. The Morgan fingerprint density at radius 2 is 2.25 bits per heavy atom. The Morgan fingerprint density at radius 3 is 2.94 bits per heavy atom. The Balaban J connectivity index is 2.42. The molecule has 0 fully saturated rings. The first-order valence-corrected chi connectivity index (χ1v) is 5.51. The van der Waals surface area contributed by atoms with Gasteiger partial charge in [-0.15, -0.1) is 0 Å². The third-order valence-electron chi connectivity index (χ3n) is 2.57. The Kier molecular flexibility index (Phi) is 3.53. The van der Waals surface area contributed by atoms with Crippen molar-refractivity contribution in [3.05, 3.63) is 22.2 Å². The van der Waals surface area contributed by atoms with Crippen molar-refractivity contribution in [2.24, 2.45) is 0 Å². The number of ether oxygens (including phenoxy) is 2. The van der Waals surface area contributed by atoms with Crippen LogP contribution in [0, 0.1) is 0 Å². The van der Waals surface area contributed by atoms with Crippen molar-refractivity contribution < 1.29 is 14.3 Å². The molecule has 0 aromatic heterocycles. The van der Waals surface area contributed by atoms with Crippen LogP contribution >= 0.6 is 11.6 Å². The van der Waals surface area contributed by atoms with E-state index < -0.39 is 0 Å². The predicted octanol–water partition coefficient (Wildman–Crippen LogP) is 2.28. The minimum atomic E-state index is 0.264. The van der Waals surface area contributed by atoms with Crippen molar-refractivity contribution >= 4 is 11.6 Å². The van der Waals surface area contributed by atoms with Crippen molar-refractivity contribution in [2.75, 3.05) is 13.9 Å². The molecule has 0 unspecified atom stereocenters. The fraction of sp³-hybridized carbons (Fsp3) is 0.455. The predicted molar refractivity (Wildman–Crippen MR) is 60.8 cm³/mol. The summed E-state index contributed by atoms with van der Waals surface area (Å²) in [6.07, 6.45) is 0.840. The molecule has 0 aliphatic carbocycles. The van der Waals surface area contributed by atoms with Crippen LogP contribution in [0.25, 0.3) is 0 Å². The molecule has 0 saturated carbocycles. The molecule has 1 aliphatic heterocycles. The highest BCUT2D eigenvalue weighted by Gasteiger charge is 2.22. The molecule has 2 rings (SSSR count). The summed E-state index contributed by atoms with van der Waals surface area (Å²) in [7, 11) is 1.58. The first-order valence-electron chi connectivity index (χ1n) is 5.13. The number of benzene rings is 1. The fourth-order valence-corrected chi connectivity index (χ4v) is 2.10. The third-order valence-corrected chi connectivity index (χ3v) is 2.91. The van der Waals surface area contributed by atoms with Crippen LogP contribution in [0.2, 0.25) is 5.02 Å². The van der Waals surface area contributed by atoms with Gasteiger partial charge in [0.05, 0.1) is 7.11 Å². The third kappa shape index (κ3) is 1.96. The molecule has 4 nitrogen and oxygen atoms in total. The van der Waals surface area contributed by atoms with Crippen molar-refractivity contribution in [2.45, 2.75) is 19.9 Å². The van der Waals surface area contributed by atoms with Crippen molar-refractivity contribution in [1.29, 1.82) is 0 Å². The lowest BCUT2D eigenvalue weighted by molar-refractivity contribution is 0.0865. The van der Waals surface area contributed by atoms with Crippen LogP contribution in [0.5, 0.6) is 11.5 Å². The molecule has 1 heterocycles. The van der Waals surface area contributed by atoms with Crippen LogP contribution in [0.4, 0.5) is 0 Å². The molecule has 0 spiro atoms. The maximum absolute atomic E-state index is 6.20. The summed E-state index contributed by atoms with van der Waals surface area (Å²) in [5.41, 5.74) is 4.86. The molecule has 0 amide bonds. The zero-order chi connectivity index (χ0) is 11.5. The standard InChI is InChI=1S/C11H14ClNO3/c1-3-7-8(5-13-14-2)9(12)4-10-11(7)16-6-15-10/h4,13H,3,5-6H2,1-2H3. The minimum absolute atomic E-state index is 0.264. The normalized spacial score (nSPS) is 13.2. The number of rotatable bonds is 4. The number of hydroxylamine groups is 1. The minimum Gasteiger partial charge on any atom is -0.454 e. The number of fused-ring (bicyclic) bond motifs is 1. The van der Waals surface area contributed by atoms with Gasteiger partial charge in [-0.3, -0.25) is 0 Å². The van der Waals surface area contributed by atoms with E-state index in [1.54, 1.807) is 13.2 Å². The van der Waals surface area contributed by atoms with Gasteiger partial charge in [-0.05, 0) is 12.0 Å². The van der Waals surface area contributed by atoms with Gasteiger partial charge < -0.3 is 14.3 Å². The van der Waals surface area contributed by atoms with Gasteiger partial charge in [0.25, 0.3) is 0 Å². The number of halogens is 1. The molecule has 1 aliphatic rings. The lowest BCUT2D eigenvalue weighted by atomic mass is 10.0. The van der Waals surface area contributed by atoms with Crippen molar-refractivity contribution in [3.63, 3.8) is 0 Å². The molecule has 1 aromatic rings. The largest absolute Gasteiger partial charge is 0.454 e. The van der Waals surface area contributed by atoms with Gasteiger partial charge >= 0.3 is 0 Å². The van der Waals surface area contributed by atoms with Crippen LogP contribution in [0.3, 0.4) is 0 Å². The molecule has 0 bridgehead atoms. The van der Waals surface area contributed by atoms with Crippen molar-refractivity contribution in [3.8, 4) is 11.5 Å². The lowest BCUT2D eigenvalue weighted by Gasteiger charge is -2.13. The number of nitrogens with one attached hydrogen (secondary N) is 1. The van der Waals surface area contributed by atoms with E-state index in [-0.39, 0.29) is 6.79 Å². The molecule has 1 aromatic carbocycles. The summed E-state index contributed by atoms with van der Waals surface area (Å²) in [5, 5.41) is 0.672. The molecular weight excluding hydrogens is 230 g/mol. The van der Waals surface area contributed by atoms with Crippen molar-refractivity contribution in [1.82, 2.24) is 5.48 Å². The van der Waals surface area contributed by atoms with Gasteiger partial charge in [-0.2, -0.15) is 5.48 Å².